The van der Waals surface area contributed by atoms with Crippen LogP contribution in [0.25, 0.3) is 21.5 Å². The van der Waals surface area contributed by atoms with Gasteiger partial charge >= 0.3 is 0 Å². The first-order valence-corrected chi connectivity index (χ1v) is 9.01. The molecule has 0 bridgehead atoms. The summed E-state index contributed by atoms with van der Waals surface area (Å²) < 4.78 is 11.5. The van der Waals surface area contributed by atoms with Gasteiger partial charge < -0.3 is 9.47 Å². The average Bonchev–Trinajstić information content (AvgIpc) is 2.76. The summed E-state index contributed by atoms with van der Waals surface area (Å²) in [6.07, 6.45) is 1.62. The predicted molar refractivity (Wildman–Crippen MR) is 110 cm³/mol. The number of hydrogen-bond donors (Lipinski definition) is 0. The van der Waals surface area contributed by atoms with Gasteiger partial charge in [0.15, 0.2) is 12.6 Å². The normalized spacial score (nSPS) is 10.7. The minimum Gasteiger partial charge on any atom is -0.489 e. The van der Waals surface area contributed by atoms with Crippen LogP contribution >= 0.6 is 0 Å². The Morgan fingerprint density at radius 3 is 1.43 bits per heavy atom. The summed E-state index contributed by atoms with van der Waals surface area (Å²) in [7, 11) is 0. The van der Waals surface area contributed by atoms with E-state index in [9.17, 15) is 9.59 Å². The highest BCUT2D eigenvalue weighted by Gasteiger charge is 2.10. The van der Waals surface area contributed by atoms with E-state index < -0.39 is 0 Å². The van der Waals surface area contributed by atoms with Crippen molar-refractivity contribution in [2.24, 2.45) is 0 Å². The van der Waals surface area contributed by atoms with Gasteiger partial charge in [-0.1, -0.05) is 60.7 Å². The summed E-state index contributed by atoms with van der Waals surface area (Å²) in [4.78, 5) is 23.1. The summed E-state index contributed by atoms with van der Waals surface area (Å²) in [6, 6.07) is 22.8. The Morgan fingerprint density at radius 1 is 0.571 bits per heavy atom. The molecule has 0 spiro atoms. The zero-order chi connectivity index (χ0) is 19.3. The molecule has 4 rings (SSSR count). The Bertz CT molecular complexity index is 1070. The fraction of sp³-hybridized carbons (Fsp3) is 0.0833. The van der Waals surface area contributed by atoms with E-state index in [4.69, 9.17) is 9.47 Å². The fourth-order valence-electron chi connectivity index (χ4n) is 3.35. The Morgan fingerprint density at radius 2 is 1.00 bits per heavy atom. The van der Waals surface area contributed by atoms with Gasteiger partial charge in [-0.2, -0.15) is 0 Å². The standard InChI is InChI=1S/C24H18O4/c25-15-21-19-7-3-1-5-17(19)9-11-23(21)27-13-14-28-24-12-10-18-6-2-4-8-20(18)22(24)16-26/h1-12,15-16H,13-14H2. The second kappa shape index (κ2) is 7.92. The molecule has 28 heavy (non-hydrogen) atoms. The third kappa shape index (κ3) is 3.32. The number of rotatable bonds is 7. The van der Waals surface area contributed by atoms with Crippen molar-refractivity contribution in [2.75, 3.05) is 13.2 Å². The molecule has 4 nitrogen and oxygen atoms in total. The first-order chi connectivity index (χ1) is 13.8. The van der Waals surface area contributed by atoms with E-state index in [0.29, 0.717) is 22.6 Å². The Hall–Kier alpha value is -3.66. The van der Waals surface area contributed by atoms with Gasteiger partial charge in [-0.15, -0.1) is 0 Å². The minimum absolute atomic E-state index is 0.254. The monoisotopic (exact) mass is 370 g/mol. The van der Waals surface area contributed by atoms with Crippen LogP contribution in [0.1, 0.15) is 20.7 Å². The zero-order valence-electron chi connectivity index (χ0n) is 15.1. The molecule has 0 aliphatic carbocycles. The van der Waals surface area contributed by atoms with Crippen molar-refractivity contribution in [1.29, 1.82) is 0 Å². The van der Waals surface area contributed by atoms with Crippen molar-refractivity contribution in [3.63, 3.8) is 0 Å². The molecule has 0 atom stereocenters. The molecule has 0 aromatic heterocycles. The van der Waals surface area contributed by atoms with E-state index >= 15 is 0 Å². The van der Waals surface area contributed by atoms with Crippen LogP contribution in [0, 0.1) is 0 Å². The van der Waals surface area contributed by atoms with Gasteiger partial charge in [0.25, 0.3) is 0 Å². The molecule has 0 amide bonds. The lowest BCUT2D eigenvalue weighted by Crippen LogP contribution is -2.11. The Labute approximate surface area is 162 Å². The Balaban J connectivity index is 1.48. The lowest BCUT2D eigenvalue weighted by molar-refractivity contribution is 0.110. The largest absolute Gasteiger partial charge is 0.489 e. The molecule has 0 saturated heterocycles. The number of ether oxygens (including phenoxy) is 2. The summed E-state index contributed by atoms with van der Waals surface area (Å²) in [5.41, 5.74) is 1.05. The van der Waals surface area contributed by atoms with Crippen LogP contribution < -0.4 is 9.47 Å². The van der Waals surface area contributed by atoms with Gasteiger partial charge in [0.1, 0.15) is 24.7 Å². The fourth-order valence-corrected chi connectivity index (χ4v) is 3.35. The third-order valence-corrected chi connectivity index (χ3v) is 4.70. The molecule has 0 unspecified atom stereocenters. The molecule has 0 radical (unpaired) electrons. The molecular formula is C24H18O4. The van der Waals surface area contributed by atoms with E-state index in [0.717, 1.165) is 34.1 Å². The molecule has 4 aromatic carbocycles. The molecule has 4 aromatic rings. The van der Waals surface area contributed by atoms with Gasteiger partial charge in [0, 0.05) is 0 Å². The van der Waals surface area contributed by atoms with Gasteiger partial charge in [0.2, 0.25) is 0 Å². The number of aldehydes is 2. The maximum atomic E-state index is 11.6. The summed E-state index contributed by atoms with van der Waals surface area (Å²) in [6.45, 7) is 0.509. The summed E-state index contributed by atoms with van der Waals surface area (Å²) >= 11 is 0. The third-order valence-electron chi connectivity index (χ3n) is 4.70. The highest BCUT2D eigenvalue weighted by Crippen LogP contribution is 2.28. The van der Waals surface area contributed by atoms with E-state index in [1.165, 1.54) is 0 Å². The highest BCUT2D eigenvalue weighted by molar-refractivity contribution is 6.01. The molecule has 0 aliphatic heterocycles. The molecule has 0 saturated carbocycles. The van der Waals surface area contributed by atoms with E-state index in [1.54, 1.807) is 12.1 Å². The van der Waals surface area contributed by atoms with Crippen molar-refractivity contribution in [3.8, 4) is 11.5 Å². The van der Waals surface area contributed by atoms with Crippen LogP contribution in [-0.2, 0) is 0 Å². The second-order valence-electron chi connectivity index (χ2n) is 6.33. The molecule has 0 fully saturated rings. The van der Waals surface area contributed by atoms with Crippen molar-refractivity contribution < 1.29 is 19.1 Å². The van der Waals surface area contributed by atoms with Crippen molar-refractivity contribution in [2.45, 2.75) is 0 Å². The quantitative estimate of drug-likeness (QED) is 0.336. The highest BCUT2D eigenvalue weighted by atomic mass is 16.5. The predicted octanol–water partition coefficient (Wildman–Crippen LogP) is 5.08. The minimum atomic E-state index is 0.254. The van der Waals surface area contributed by atoms with Crippen molar-refractivity contribution >= 4 is 34.1 Å². The van der Waals surface area contributed by atoms with Gasteiger partial charge in [0.05, 0.1) is 11.1 Å². The van der Waals surface area contributed by atoms with Crippen LogP contribution in [0.2, 0.25) is 0 Å². The van der Waals surface area contributed by atoms with Gasteiger partial charge in [-0.3, -0.25) is 9.59 Å². The van der Waals surface area contributed by atoms with Crippen LogP contribution in [-0.4, -0.2) is 25.8 Å². The van der Waals surface area contributed by atoms with Crippen LogP contribution in [0.5, 0.6) is 11.5 Å². The number of hydrogen-bond acceptors (Lipinski definition) is 4. The van der Waals surface area contributed by atoms with E-state index in [1.807, 2.05) is 60.7 Å². The van der Waals surface area contributed by atoms with Crippen LogP contribution in [0.4, 0.5) is 0 Å². The smallest absolute Gasteiger partial charge is 0.154 e. The van der Waals surface area contributed by atoms with E-state index in [-0.39, 0.29) is 13.2 Å². The lowest BCUT2D eigenvalue weighted by Gasteiger charge is -2.13. The number of carbonyl (C=O) groups is 2. The first kappa shape index (κ1) is 17.7. The molecular weight excluding hydrogens is 352 g/mol. The maximum absolute atomic E-state index is 11.6. The maximum Gasteiger partial charge on any atom is 0.154 e. The zero-order valence-corrected chi connectivity index (χ0v) is 15.1. The summed E-state index contributed by atoms with van der Waals surface area (Å²) in [5, 5.41) is 3.68. The van der Waals surface area contributed by atoms with Crippen LogP contribution in [0.15, 0.2) is 72.8 Å². The Kier molecular flexibility index (Phi) is 5.02. The summed E-state index contributed by atoms with van der Waals surface area (Å²) in [5.74, 6) is 1.04. The van der Waals surface area contributed by atoms with Crippen molar-refractivity contribution in [3.05, 3.63) is 83.9 Å². The van der Waals surface area contributed by atoms with Gasteiger partial charge in [-0.25, -0.2) is 0 Å². The molecule has 0 N–H and O–H groups in total. The molecule has 0 aliphatic rings. The van der Waals surface area contributed by atoms with Crippen LogP contribution in [0.3, 0.4) is 0 Å². The first-order valence-electron chi connectivity index (χ1n) is 9.01. The van der Waals surface area contributed by atoms with E-state index in [2.05, 4.69) is 0 Å². The molecule has 0 heterocycles. The number of fused-ring (bicyclic) bond motifs is 2. The second-order valence-corrected chi connectivity index (χ2v) is 6.33. The SMILES string of the molecule is O=Cc1c(OCCOc2ccc3ccccc3c2C=O)ccc2ccccc12. The number of benzene rings is 4. The molecule has 4 heteroatoms. The number of carbonyl (C=O) groups excluding carboxylic acids is 2. The average molecular weight is 370 g/mol. The topological polar surface area (TPSA) is 52.6 Å². The molecule has 138 valence electrons. The lowest BCUT2D eigenvalue weighted by atomic mass is 10.0. The van der Waals surface area contributed by atoms with Crippen molar-refractivity contribution in [1.82, 2.24) is 0 Å². The van der Waals surface area contributed by atoms with Gasteiger partial charge in [-0.05, 0) is 33.7 Å².